The zero-order valence-electron chi connectivity index (χ0n) is 17.2. The maximum atomic E-state index is 13.1. The van der Waals surface area contributed by atoms with Crippen LogP contribution in [-0.4, -0.2) is 27.9 Å². The molecular formula is C22H22ClFN4O3S. The maximum Gasteiger partial charge on any atom is 0.262 e. The summed E-state index contributed by atoms with van der Waals surface area (Å²) in [5, 5.41) is 6.10. The molecule has 0 saturated heterocycles. The lowest BCUT2D eigenvalue weighted by molar-refractivity contribution is -0.122. The number of carbonyl (C=O) groups excluding carboxylic acids is 2. The predicted octanol–water partition coefficient (Wildman–Crippen LogP) is 3.66. The molecule has 168 valence electrons. The van der Waals surface area contributed by atoms with Crippen LogP contribution in [0.5, 0.6) is 0 Å². The van der Waals surface area contributed by atoms with Crippen molar-refractivity contribution in [2.24, 2.45) is 0 Å². The monoisotopic (exact) mass is 476 g/mol. The molecule has 2 heterocycles. The summed E-state index contributed by atoms with van der Waals surface area (Å²) >= 11 is 7.46. The SMILES string of the molecule is O=C(Cn1cnc2sc3c(c2c1=O)CCCC3)NCCCC(=O)Nc1ccc(F)cc1Cl. The van der Waals surface area contributed by atoms with E-state index in [1.54, 1.807) is 11.3 Å². The van der Waals surface area contributed by atoms with E-state index < -0.39 is 5.82 Å². The summed E-state index contributed by atoms with van der Waals surface area (Å²) < 4.78 is 14.4. The molecule has 2 amide bonds. The van der Waals surface area contributed by atoms with E-state index in [0.29, 0.717) is 17.5 Å². The molecule has 3 aromatic rings. The van der Waals surface area contributed by atoms with Crippen LogP contribution in [0.4, 0.5) is 10.1 Å². The first kappa shape index (κ1) is 22.4. The lowest BCUT2D eigenvalue weighted by Gasteiger charge is -2.11. The van der Waals surface area contributed by atoms with Gasteiger partial charge < -0.3 is 10.6 Å². The molecule has 0 atom stereocenters. The normalized spacial score (nSPS) is 13.1. The average Bonchev–Trinajstić information content (AvgIpc) is 3.14. The third kappa shape index (κ3) is 4.99. The first-order valence-electron chi connectivity index (χ1n) is 10.4. The molecule has 2 N–H and O–H groups in total. The summed E-state index contributed by atoms with van der Waals surface area (Å²) in [6.45, 7) is 0.158. The third-order valence-corrected chi connectivity index (χ3v) is 6.88. The Morgan fingerprint density at radius 3 is 2.84 bits per heavy atom. The van der Waals surface area contributed by atoms with Crippen LogP contribution >= 0.6 is 22.9 Å². The van der Waals surface area contributed by atoms with Crippen LogP contribution < -0.4 is 16.2 Å². The first-order valence-corrected chi connectivity index (χ1v) is 11.6. The number of hydrogen-bond acceptors (Lipinski definition) is 5. The van der Waals surface area contributed by atoms with Crippen molar-refractivity contribution in [2.45, 2.75) is 45.1 Å². The zero-order valence-corrected chi connectivity index (χ0v) is 18.8. The number of nitrogens with one attached hydrogen (secondary N) is 2. The second kappa shape index (κ2) is 9.79. The Kier molecular flexibility index (Phi) is 6.86. The predicted molar refractivity (Wildman–Crippen MR) is 123 cm³/mol. The van der Waals surface area contributed by atoms with Crippen molar-refractivity contribution in [2.75, 3.05) is 11.9 Å². The van der Waals surface area contributed by atoms with Crippen LogP contribution in [0.1, 0.15) is 36.1 Å². The molecule has 0 aliphatic heterocycles. The van der Waals surface area contributed by atoms with Gasteiger partial charge in [0.1, 0.15) is 17.2 Å². The van der Waals surface area contributed by atoms with Crippen molar-refractivity contribution < 1.29 is 14.0 Å². The molecular weight excluding hydrogens is 455 g/mol. The van der Waals surface area contributed by atoms with Crippen molar-refractivity contribution in [3.63, 3.8) is 0 Å². The van der Waals surface area contributed by atoms with E-state index in [2.05, 4.69) is 15.6 Å². The Balaban J connectivity index is 1.28. The van der Waals surface area contributed by atoms with Gasteiger partial charge in [-0.1, -0.05) is 11.6 Å². The van der Waals surface area contributed by atoms with E-state index in [-0.39, 0.29) is 41.9 Å². The van der Waals surface area contributed by atoms with E-state index >= 15 is 0 Å². The van der Waals surface area contributed by atoms with Gasteiger partial charge in [-0.3, -0.25) is 19.0 Å². The highest BCUT2D eigenvalue weighted by atomic mass is 35.5. The van der Waals surface area contributed by atoms with Crippen LogP contribution in [-0.2, 0) is 29.0 Å². The molecule has 4 rings (SSSR count). The Morgan fingerprint density at radius 1 is 1.22 bits per heavy atom. The van der Waals surface area contributed by atoms with Crippen molar-refractivity contribution in [3.8, 4) is 0 Å². The quantitative estimate of drug-likeness (QED) is 0.509. The van der Waals surface area contributed by atoms with Crippen molar-refractivity contribution >= 4 is 50.7 Å². The fourth-order valence-electron chi connectivity index (χ4n) is 3.78. The topological polar surface area (TPSA) is 93.1 Å². The van der Waals surface area contributed by atoms with Gasteiger partial charge in [0.15, 0.2) is 0 Å². The van der Waals surface area contributed by atoms with E-state index in [4.69, 9.17) is 11.6 Å². The summed E-state index contributed by atoms with van der Waals surface area (Å²) in [6, 6.07) is 3.73. The number of carbonyl (C=O) groups is 2. The van der Waals surface area contributed by atoms with E-state index in [1.165, 1.54) is 27.9 Å². The molecule has 0 fully saturated rings. The number of halogens is 2. The van der Waals surface area contributed by atoms with Crippen LogP contribution in [0, 0.1) is 5.82 Å². The molecule has 0 radical (unpaired) electrons. The van der Waals surface area contributed by atoms with Gasteiger partial charge in [0.25, 0.3) is 5.56 Å². The maximum absolute atomic E-state index is 13.1. The van der Waals surface area contributed by atoms with E-state index in [1.807, 2.05) is 0 Å². The number of hydrogen-bond donors (Lipinski definition) is 2. The van der Waals surface area contributed by atoms with Gasteiger partial charge in [0.05, 0.1) is 22.4 Å². The Bertz CT molecular complexity index is 1240. The molecule has 0 saturated carbocycles. The third-order valence-electron chi connectivity index (χ3n) is 5.36. The minimum Gasteiger partial charge on any atom is -0.355 e. The number of aryl methyl sites for hydroxylation is 2. The molecule has 1 aliphatic carbocycles. The number of benzene rings is 1. The van der Waals surface area contributed by atoms with Crippen molar-refractivity contribution in [1.82, 2.24) is 14.9 Å². The number of amides is 2. The standard InChI is InChI=1S/C22H22ClFN4O3S/c23-15-10-13(24)7-8-16(15)27-18(29)6-3-9-25-19(30)11-28-12-26-21-20(22(28)31)14-4-1-2-5-17(14)32-21/h7-8,10,12H,1-6,9,11H2,(H,25,30)(H,27,29). The van der Waals surface area contributed by atoms with E-state index in [0.717, 1.165) is 42.1 Å². The fraction of sp³-hybridized carbons (Fsp3) is 0.364. The molecule has 1 aromatic carbocycles. The molecule has 1 aliphatic rings. The smallest absolute Gasteiger partial charge is 0.262 e. The molecule has 32 heavy (non-hydrogen) atoms. The van der Waals surface area contributed by atoms with Gasteiger partial charge in [-0.15, -0.1) is 11.3 Å². The summed E-state index contributed by atoms with van der Waals surface area (Å²) in [5.74, 6) is -1.09. The summed E-state index contributed by atoms with van der Waals surface area (Å²) in [7, 11) is 0. The van der Waals surface area contributed by atoms with Gasteiger partial charge in [0, 0.05) is 17.8 Å². The van der Waals surface area contributed by atoms with Gasteiger partial charge >= 0.3 is 0 Å². The average molecular weight is 477 g/mol. The molecule has 2 aromatic heterocycles. The number of aromatic nitrogens is 2. The molecule has 0 unspecified atom stereocenters. The van der Waals surface area contributed by atoms with Gasteiger partial charge in [-0.2, -0.15) is 0 Å². The summed E-state index contributed by atoms with van der Waals surface area (Å²) in [5.41, 5.74) is 1.25. The number of fused-ring (bicyclic) bond motifs is 3. The second-order valence-corrected chi connectivity index (χ2v) is 9.19. The minimum atomic E-state index is -0.483. The molecule has 0 spiro atoms. The highest BCUT2D eigenvalue weighted by Crippen LogP contribution is 2.33. The Hall–Kier alpha value is -2.78. The van der Waals surface area contributed by atoms with Gasteiger partial charge in [-0.25, -0.2) is 9.37 Å². The number of rotatable bonds is 7. The van der Waals surface area contributed by atoms with E-state index in [9.17, 15) is 18.8 Å². The van der Waals surface area contributed by atoms with Gasteiger partial charge in [-0.05, 0) is 55.9 Å². The number of nitrogens with zero attached hydrogens (tertiary/aromatic N) is 2. The summed E-state index contributed by atoms with van der Waals surface area (Å²) in [6.07, 6.45) is 6.04. The molecule has 0 bridgehead atoms. The largest absolute Gasteiger partial charge is 0.355 e. The lowest BCUT2D eigenvalue weighted by Crippen LogP contribution is -2.33. The van der Waals surface area contributed by atoms with Crippen LogP contribution in [0.3, 0.4) is 0 Å². The molecule has 7 nitrogen and oxygen atoms in total. The highest BCUT2D eigenvalue weighted by Gasteiger charge is 2.20. The second-order valence-electron chi connectivity index (χ2n) is 7.69. The zero-order chi connectivity index (χ0) is 22.7. The summed E-state index contributed by atoms with van der Waals surface area (Å²) in [4.78, 5) is 43.6. The van der Waals surface area contributed by atoms with Crippen LogP contribution in [0.15, 0.2) is 29.3 Å². The van der Waals surface area contributed by atoms with Crippen molar-refractivity contribution in [1.29, 1.82) is 0 Å². The molecule has 10 heteroatoms. The van der Waals surface area contributed by atoms with Gasteiger partial charge in [0.2, 0.25) is 11.8 Å². The first-order chi connectivity index (χ1) is 15.4. The highest BCUT2D eigenvalue weighted by molar-refractivity contribution is 7.18. The Morgan fingerprint density at radius 2 is 2.03 bits per heavy atom. The van der Waals surface area contributed by atoms with Crippen LogP contribution in [0.2, 0.25) is 5.02 Å². The lowest BCUT2D eigenvalue weighted by atomic mass is 9.97. The number of thiophene rings is 1. The van der Waals surface area contributed by atoms with Crippen molar-refractivity contribution in [3.05, 3.63) is 56.2 Å². The fourth-order valence-corrected chi connectivity index (χ4v) is 5.22. The van der Waals surface area contributed by atoms with Crippen LogP contribution in [0.25, 0.3) is 10.2 Å². The minimum absolute atomic E-state index is 0.120. The number of anilines is 1. The Labute approximate surface area is 192 Å².